The summed E-state index contributed by atoms with van der Waals surface area (Å²) in [7, 11) is 0. The second-order valence-electron chi connectivity index (χ2n) is 6.61. The molecule has 3 heterocycles. The molecular weight excluding hydrogens is 265 g/mol. The van der Waals surface area contributed by atoms with Gasteiger partial charge in [-0.1, -0.05) is 6.92 Å². The summed E-state index contributed by atoms with van der Waals surface area (Å²) >= 11 is 0. The molecule has 1 N–H and O–H groups in total. The molecule has 0 aliphatic carbocycles. The van der Waals surface area contributed by atoms with Gasteiger partial charge in [-0.3, -0.25) is 9.88 Å². The third kappa shape index (κ3) is 3.27. The molecule has 2 aliphatic rings. The molecular formula is C17H26FN3. The van der Waals surface area contributed by atoms with E-state index in [2.05, 4.69) is 29.0 Å². The van der Waals surface area contributed by atoms with Crippen molar-refractivity contribution in [2.45, 2.75) is 70.1 Å². The monoisotopic (exact) mass is 291 g/mol. The van der Waals surface area contributed by atoms with Gasteiger partial charge in [-0.25, -0.2) is 4.39 Å². The van der Waals surface area contributed by atoms with E-state index in [4.69, 9.17) is 0 Å². The van der Waals surface area contributed by atoms with Gasteiger partial charge in [0.15, 0.2) is 0 Å². The van der Waals surface area contributed by atoms with Crippen LogP contribution in [0, 0.1) is 5.82 Å². The van der Waals surface area contributed by atoms with E-state index in [1.165, 1.54) is 31.9 Å². The van der Waals surface area contributed by atoms with Crippen LogP contribution in [0.25, 0.3) is 0 Å². The fourth-order valence-electron chi connectivity index (χ4n) is 4.10. The van der Waals surface area contributed by atoms with Crippen LogP contribution in [0.4, 0.5) is 4.39 Å². The third-order valence-electron chi connectivity index (χ3n) is 5.10. The van der Waals surface area contributed by atoms with Crippen molar-refractivity contribution >= 4 is 0 Å². The average Bonchev–Trinajstić information content (AvgIpc) is 2.82. The largest absolute Gasteiger partial charge is 0.311 e. The molecule has 0 amide bonds. The summed E-state index contributed by atoms with van der Waals surface area (Å²) in [6, 6.07) is 3.85. The van der Waals surface area contributed by atoms with Crippen LogP contribution in [0.3, 0.4) is 0 Å². The van der Waals surface area contributed by atoms with E-state index < -0.39 is 0 Å². The molecule has 3 nitrogen and oxygen atoms in total. The van der Waals surface area contributed by atoms with Crippen LogP contribution in [0.15, 0.2) is 18.5 Å². The van der Waals surface area contributed by atoms with Crippen molar-refractivity contribution in [3.8, 4) is 0 Å². The fraction of sp³-hybridized carbons (Fsp3) is 0.706. The number of nitrogens with zero attached hydrogens (tertiary/aromatic N) is 2. The molecule has 3 atom stereocenters. The highest BCUT2D eigenvalue weighted by atomic mass is 19.1. The number of pyridine rings is 1. The van der Waals surface area contributed by atoms with E-state index in [1.807, 2.05) is 6.20 Å². The lowest BCUT2D eigenvalue weighted by atomic mass is 9.95. The maximum Gasteiger partial charge on any atom is 0.141 e. The van der Waals surface area contributed by atoms with Gasteiger partial charge in [0, 0.05) is 30.4 Å². The maximum atomic E-state index is 13.5. The molecule has 0 saturated carbocycles. The van der Waals surface area contributed by atoms with Gasteiger partial charge in [0.05, 0.1) is 6.20 Å². The van der Waals surface area contributed by atoms with Crippen molar-refractivity contribution in [3.05, 3.63) is 29.8 Å². The lowest BCUT2D eigenvalue weighted by molar-refractivity contribution is 0.101. The van der Waals surface area contributed by atoms with E-state index in [1.54, 1.807) is 6.07 Å². The number of nitrogens with one attached hydrogen (secondary N) is 1. The molecule has 2 aliphatic heterocycles. The Bertz CT molecular complexity index is 467. The fourth-order valence-corrected chi connectivity index (χ4v) is 4.10. The van der Waals surface area contributed by atoms with Crippen molar-refractivity contribution < 1.29 is 4.39 Å². The van der Waals surface area contributed by atoms with E-state index >= 15 is 0 Å². The first-order valence-electron chi connectivity index (χ1n) is 8.29. The average molecular weight is 291 g/mol. The van der Waals surface area contributed by atoms with E-state index in [0.717, 1.165) is 18.5 Å². The summed E-state index contributed by atoms with van der Waals surface area (Å²) in [6.07, 6.45) is 9.31. The topological polar surface area (TPSA) is 28.2 Å². The van der Waals surface area contributed by atoms with Crippen molar-refractivity contribution in [3.63, 3.8) is 0 Å². The molecule has 3 unspecified atom stereocenters. The van der Waals surface area contributed by atoms with Crippen molar-refractivity contribution in [2.24, 2.45) is 0 Å². The van der Waals surface area contributed by atoms with Crippen molar-refractivity contribution in [2.75, 3.05) is 6.54 Å². The van der Waals surface area contributed by atoms with Gasteiger partial charge in [0.2, 0.25) is 0 Å². The Kier molecular flexibility index (Phi) is 4.55. The maximum absolute atomic E-state index is 13.5. The standard InChI is InChI=1S/C17H26FN3/c1-3-6-21(12(2)13-7-14(18)11-19-10-13)17-8-15-4-5-16(9-17)20-15/h7,10-12,15-17,20H,3-6,8-9H2,1-2H3. The molecule has 4 heteroatoms. The first-order chi connectivity index (χ1) is 10.2. The predicted octanol–water partition coefficient (Wildman–Crippen LogP) is 3.28. The number of fused-ring (bicyclic) bond motifs is 2. The minimum absolute atomic E-state index is 0.232. The molecule has 1 aromatic heterocycles. The van der Waals surface area contributed by atoms with Crippen LogP contribution in [0.5, 0.6) is 0 Å². The number of rotatable bonds is 5. The molecule has 1 aromatic rings. The number of hydrogen-bond donors (Lipinski definition) is 1. The molecule has 0 spiro atoms. The zero-order valence-corrected chi connectivity index (χ0v) is 13.1. The minimum Gasteiger partial charge on any atom is -0.311 e. The van der Waals surface area contributed by atoms with Crippen LogP contribution in [0.2, 0.25) is 0 Å². The molecule has 3 rings (SSSR count). The van der Waals surface area contributed by atoms with Gasteiger partial charge in [0.25, 0.3) is 0 Å². The molecule has 0 aromatic carbocycles. The Labute approximate surface area is 126 Å². The van der Waals surface area contributed by atoms with Crippen LogP contribution < -0.4 is 5.32 Å². The van der Waals surface area contributed by atoms with Gasteiger partial charge >= 0.3 is 0 Å². The number of aromatic nitrogens is 1. The molecule has 2 fully saturated rings. The second kappa shape index (κ2) is 6.41. The summed E-state index contributed by atoms with van der Waals surface area (Å²) in [5.74, 6) is -0.235. The van der Waals surface area contributed by atoms with E-state index in [0.29, 0.717) is 18.1 Å². The highest BCUT2D eigenvalue weighted by Gasteiger charge is 2.37. The quantitative estimate of drug-likeness (QED) is 0.902. The molecule has 2 bridgehead atoms. The Morgan fingerprint density at radius 3 is 2.67 bits per heavy atom. The summed E-state index contributed by atoms with van der Waals surface area (Å²) < 4.78 is 13.5. The van der Waals surface area contributed by atoms with Crippen molar-refractivity contribution in [1.82, 2.24) is 15.2 Å². The smallest absolute Gasteiger partial charge is 0.141 e. The first kappa shape index (κ1) is 14.9. The summed E-state index contributed by atoms with van der Waals surface area (Å²) in [4.78, 5) is 6.59. The van der Waals surface area contributed by atoms with E-state index in [-0.39, 0.29) is 11.9 Å². The summed E-state index contributed by atoms with van der Waals surface area (Å²) in [6.45, 7) is 5.48. The first-order valence-corrected chi connectivity index (χ1v) is 8.29. The SMILES string of the molecule is CCCN(C1CC2CCC(C1)N2)C(C)c1cncc(F)c1. The number of piperidine rings is 1. The normalized spacial score (nSPS) is 29.8. The van der Waals surface area contributed by atoms with Crippen molar-refractivity contribution in [1.29, 1.82) is 0 Å². The molecule has 0 radical (unpaired) electrons. The third-order valence-corrected chi connectivity index (χ3v) is 5.10. The lowest BCUT2D eigenvalue weighted by Crippen LogP contribution is -2.49. The zero-order valence-electron chi connectivity index (χ0n) is 13.1. The Balaban J connectivity index is 1.77. The Hall–Kier alpha value is -1.00. The van der Waals surface area contributed by atoms with Gasteiger partial charge in [-0.15, -0.1) is 0 Å². The van der Waals surface area contributed by atoms with Crippen LogP contribution in [-0.4, -0.2) is 34.6 Å². The number of halogens is 1. The molecule has 2 saturated heterocycles. The van der Waals surface area contributed by atoms with Gasteiger partial charge in [-0.05, 0) is 57.2 Å². The van der Waals surface area contributed by atoms with E-state index in [9.17, 15) is 4.39 Å². The van der Waals surface area contributed by atoms with Crippen LogP contribution in [0.1, 0.15) is 57.6 Å². The Morgan fingerprint density at radius 1 is 1.33 bits per heavy atom. The number of hydrogen-bond acceptors (Lipinski definition) is 3. The van der Waals surface area contributed by atoms with Crippen LogP contribution >= 0.6 is 0 Å². The summed E-state index contributed by atoms with van der Waals surface area (Å²) in [5.41, 5.74) is 0.995. The van der Waals surface area contributed by atoms with Gasteiger partial charge in [0.1, 0.15) is 5.82 Å². The van der Waals surface area contributed by atoms with Gasteiger partial charge in [-0.2, -0.15) is 0 Å². The summed E-state index contributed by atoms with van der Waals surface area (Å²) in [5, 5.41) is 3.71. The van der Waals surface area contributed by atoms with Crippen LogP contribution in [-0.2, 0) is 0 Å². The highest BCUT2D eigenvalue weighted by molar-refractivity contribution is 5.15. The molecule has 21 heavy (non-hydrogen) atoms. The molecule has 116 valence electrons. The lowest BCUT2D eigenvalue weighted by Gasteiger charge is -2.41. The zero-order chi connectivity index (χ0) is 14.8. The van der Waals surface area contributed by atoms with Gasteiger partial charge < -0.3 is 5.32 Å². The predicted molar refractivity (Wildman–Crippen MR) is 82.6 cm³/mol. The Morgan fingerprint density at radius 2 is 2.05 bits per heavy atom. The highest BCUT2D eigenvalue weighted by Crippen LogP contribution is 2.34. The second-order valence-corrected chi connectivity index (χ2v) is 6.61. The minimum atomic E-state index is -0.235.